The monoisotopic (exact) mass is 299 g/mol. The zero-order chi connectivity index (χ0) is 14.3. The van der Waals surface area contributed by atoms with Crippen LogP contribution in [0.5, 0.6) is 0 Å². The van der Waals surface area contributed by atoms with Crippen molar-refractivity contribution in [3.63, 3.8) is 0 Å². The molecule has 7 heteroatoms. The minimum absolute atomic E-state index is 0.0185. The van der Waals surface area contributed by atoms with Gasteiger partial charge < -0.3 is 5.11 Å². The smallest absolute Gasteiger partial charge is 0.258 e. The summed E-state index contributed by atoms with van der Waals surface area (Å²) in [5.41, 5.74) is 0.303. The Kier molecular flexibility index (Phi) is 3.60. The second-order valence-corrected chi connectivity index (χ2v) is 7.78. The maximum absolute atomic E-state index is 12.4. The summed E-state index contributed by atoms with van der Waals surface area (Å²) in [5, 5.41) is 15.3. The van der Waals surface area contributed by atoms with Crippen LogP contribution in [0.15, 0.2) is 11.2 Å². The number of hydrogen-bond acceptors (Lipinski definition) is 4. The molecular formula is C13H21N3O3S. The molecule has 3 rings (SSSR count). The van der Waals surface area contributed by atoms with Crippen molar-refractivity contribution < 1.29 is 13.5 Å². The summed E-state index contributed by atoms with van der Waals surface area (Å²) in [4.78, 5) is 0. The molecule has 2 fully saturated rings. The van der Waals surface area contributed by atoms with Crippen LogP contribution in [-0.2, 0) is 16.6 Å². The molecule has 0 aliphatic heterocycles. The molecule has 1 aromatic rings. The fourth-order valence-corrected chi connectivity index (χ4v) is 5.36. The van der Waals surface area contributed by atoms with Crippen molar-refractivity contribution in [2.24, 2.45) is 17.8 Å². The predicted octanol–water partition coefficient (Wildman–Crippen LogP) is 1.00. The zero-order valence-electron chi connectivity index (χ0n) is 11.5. The topological polar surface area (TPSA) is 95.1 Å². The maximum Gasteiger partial charge on any atom is 0.258 e. The quantitative estimate of drug-likeness (QED) is 0.756. The summed E-state index contributed by atoms with van der Waals surface area (Å²) in [6.45, 7) is 1.60. The van der Waals surface area contributed by atoms with E-state index in [4.69, 9.17) is 5.11 Å². The van der Waals surface area contributed by atoms with E-state index in [1.165, 1.54) is 25.5 Å². The van der Waals surface area contributed by atoms with Gasteiger partial charge in [0.05, 0.1) is 12.8 Å². The van der Waals surface area contributed by atoms with Crippen LogP contribution in [0.4, 0.5) is 0 Å². The largest absolute Gasteiger partial charge is 0.392 e. The fraction of sp³-hybridized carbons (Fsp3) is 0.769. The normalized spacial score (nSPS) is 30.8. The highest BCUT2D eigenvalue weighted by Crippen LogP contribution is 2.49. The van der Waals surface area contributed by atoms with E-state index in [2.05, 4.69) is 14.9 Å². The van der Waals surface area contributed by atoms with Crippen molar-refractivity contribution >= 4 is 10.0 Å². The van der Waals surface area contributed by atoms with Gasteiger partial charge in [-0.25, -0.2) is 13.1 Å². The molecule has 0 spiro atoms. The Morgan fingerprint density at radius 1 is 1.50 bits per heavy atom. The van der Waals surface area contributed by atoms with Crippen molar-refractivity contribution in [1.82, 2.24) is 14.9 Å². The summed E-state index contributed by atoms with van der Waals surface area (Å²) in [6, 6.07) is -0.0786. The summed E-state index contributed by atoms with van der Waals surface area (Å²) < 4.78 is 27.5. The van der Waals surface area contributed by atoms with Gasteiger partial charge in [0, 0.05) is 11.6 Å². The van der Waals surface area contributed by atoms with E-state index >= 15 is 0 Å². The Bertz CT molecular complexity index is 583. The van der Waals surface area contributed by atoms with Crippen LogP contribution >= 0.6 is 0 Å². The summed E-state index contributed by atoms with van der Waals surface area (Å²) in [7, 11) is -3.64. The Balaban J connectivity index is 1.73. The Labute approximate surface area is 119 Å². The minimum atomic E-state index is -3.64. The molecule has 6 nitrogen and oxygen atoms in total. The molecule has 3 N–H and O–H groups in total. The number of aromatic nitrogens is 2. The number of fused-ring (bicyclic) bond motifs is 2. The first kappa shape index (κ1) is 14.0. The lowest BCUT2D eigenvalue weighted by Crippen LogP contribution is -2.40. The molecule has 1 heterocycles. The second kappa shape index (κ2) is 5.13. The number of aliphatic hydroxyl groups excluding tert-OH is 1. The molecule has 4 unspecified atom stereocenters. The SMILES string of the molecule is CC(NS(=O)(=O)c1[nH]ncc1CO)C1CC2CCC1C2. The van der Waals surface area contributed by atoms with E-state index in [9.17, 15) is 8.42 Å². The lowest BCUT2D eigenvalue weighted by molar-refractivity contribution is 0.275. The third kappa shape index (κ3) is 2.38. The van der Waals surface area contributed by atoms with Crippen LogP contribution < -0.4 is 4.72 Å². The van der Waals surface area contributed by atoms with Crippen molar-refractivity contribution in [2.75, 3.05) is 0 Å². The Morgan fingerprint density at radius 2 is 2.30 bits per heavy atom. The van der Waals surface area contributed by atoms with Gasteiger partial charge in [-0.3, -0.25) is 5.10 Å². The molecular weight excluding hydrogens is 278 g/mol. The molecule has 0 saturated heterocycles. The van der Waals surface area contributed by atoms with E-state index in [-0.39, 0.29) is 17.7 Å². The summed E-state index contributed by atoms with van der Waals surface area (Å²) in [5.74, 6) is 1.89. The van der Waals surface area contributed by atoms with Crippen molar-refractivity contribution in [1.29, 1.82) is 0 Å². The minimum Gasteiger partial charge on any atom is -0.392 e. The van der Waals surface area contributed by atoms with Gasteiger partial charge >= 0.3 is 0 Å². The zero-order valence-corrected chi connectivity index (χ0v) is 12.4. The first-order valence-electron chi connectivity index (χ1n) is 7.16. The van der Waals surface area contributed by atoms with Gasteiger partial charge in [-0.2, -0.15) is 5.10 Å². The third-order valence-corrected chi connectivity index (χ3v) is 6.47. The Morgan fingerprint density at radius 3 is 2.90 bits per heavy atom. The van der Waals surface area contributed by atoms with Crippen molar-refractivity contribution in [3.8, 4) is 0 Å². The number of hydrogen-bond donors (Lipinski definition) is 3. The molecule has 20 heavy (non-hydrogen) atoms. The number of nitrogens with zero attached hydrogens (tertiary/aromatic N) is 1. The first-order valence-corrected chi connectivity index (χ1v) is 8.65. The van der Waals surface area contributed by atoms with E-state index in [0.717, 1.165) is 12.3 Å². The van der Waals surface area contributed by atoms with E-state index in [1.807, 2.05) is 6.92 Å². The lowest BCUT2D eigenvalue weighted by Gasteiger charge is -2.28. The molecule has 1 aromatic heterocycles. The maximum atomic E-state index is 12.4. The molecule has 0 aromatic carbocycles. The van der Waals surface area contributed by atoms with Crippen molar-refractivity contribution in [2.45, 2.75) is 50.3 Å². The van der Waals surface area contributed by atoms with Gasteiger partial charge in [-0.1, -0.05) is 6.42 Å². The van der Waals surface area contributed by atoms with Crippen LogP contribution in [0.1, 0.15) is 38.2 Å². The summed E-state index contributed by atoms with van der Waals surface area (Å²) in [6.07, 6.45) is 6.26. The highest BCUT2D eigenvalue weighted by atomic mass is 32.2. The first-order chi connectivity index (χ1) is 9.51. The van der Waals surface area contributed by atoms with Crippen LogP contribution in [0.2, 0.25) is 0 Å². The lowest BCUT2D eigenvalue weighted by atomic mass is 9.84. The highest BCUT2D eigenvalue weighted by molar-refractivity contribution is 7.89. The van der Waals surface area contributed by atoms with Crippen molar-refractivity contribution in [3.05, 3.63) is 11.8 Å². The molecule has 112 valence electrons. The molecule has 2 aliphatic carbocycles. The average Bonchev–Trinajstić information content (AvgIpc) is 3.13. The molecule has 2 saturated carbocycles. The van der Waals surface area contributed by atoms with Crippen LogP contribution in [0.3, 0.4) is 0 Å². The molecule has 0 radical (unpaired) electrons. The summed E-state index contributed by atoms with van der Waals surface area (Å²) >= 11 is 0. The van der Waals surface area contributed by atoms with E-state index in [0.29, 0.717) is 17.4 Å². The van der Waals surface area contributed by atoms with Gasteiger partial charge in [-0.05, 0) is 43.9 Å². The van der Waals surface area contributed by atoms with Crippen LogP contribution in [0, 0.1) is 17.8 Å². The van der Waals surface area contributed by atoms with E-state index in [1.54, 1.807) is 0 Å². The molecule has 0 amide bonds. The number of nitrogens with one attached hydrogen (secondary N) is 2. The molecule has 2 aliphatic rings. The predicted molar refractivity (Wildman–Crippen MR) is 73.2 cm³/mol. The van der Waals surface area contributed by atoms with Gasteiger partial charge in [0.15, 0.2) is 5.03 Å². The van der Waals surface area contributed by atoms with Gasteiger partial charge in [-0.15, -0.1) is 0 Å². The average molecular weight is 299 g/mol. The number of sulfonamides is 1. The fourth-order valence-electron chi connectivity index (χ4n) is 3.94. The Hall–Kier alpha value is -0.920. The number of aromatic amines is 1. The van der Waals surface area contributed by atoms with Gasteiger partial charge in [0.25, 0.3) is 10.0 Å². The second-order valence-electron chi connectivity index (χ2n) is 6.13. The van der Waals surface area contributed by atoms with Crippen LogP contribution in [-0.4, -0.2) is 29.8 Å². The standard InChI is InChI=1S/C13H21N3O3S/c1-8(12-5-9-2-3-10(12)4-9)16-20(18,19)13-11(7-17)6-14-15-13/h6,8-10,12,16-17H,2-5,7H2,1H3,(H,14,15). The van der Waals surface area contributed by atoms with Gasteiger partial charge in [0.2, 0.25) is 0 Å². The van der Waals surface area contributed by atoms with Gasteiger partial charge in [0.1, 0.15) is 0 Å². The number of H-pyrrole nitrogens is 1. The third-order valence-electron chi connectivity index (χ3n) is 4.89. The number of aliphatic hydroxyl groups is 1. The van der Waals surface area contributed by atoms with E-state index < -0.39 is 10.0 Å². The number of rotatable bonds is 5. The molecule has 2 bridgehead atoms. The molecule has 4 atom stereocenters. The van der Waals surface area contributed by atoms with Crippen LogP contribution in [0.25, 0.3) is 0 Å². The highest BCUT2D eigenvalue weighted by Gasteiger charge is 2.42.